The van der Waals surface area contributed by atoms with Crippen molar-refractivity contribution >= 4 is 5.91 Å². The van der Waals surface area contributed by atoms with Crippen LogP contribution in [0.4, 0.5) is 0 Å². The van der Waals surface area contributed by atoms with E-state index in [4.69, 9.17) is 10.5 Å². The monoisotopic (exact) mass is 242 g/mol. The lowest BCUT2D eigenvalue weighted by Gasteiger charge is -2.33. The summed E-state index contributed by atoms with van der Waals surface area (Å²) in [4.78, 5) is 14.1. The highest BCUT2D eigenvalue weighted by Crippen LogP contribution is 2.19. The van der Waals surface area contributed by atoms with E-state index < -0.39 is 0 Å². The molecule has 1 aliphatic rings. The van der Waals surface area contributed by atoms with Gasteiger partial charge in [-0.1, -0.05) is 13.3 Å². The van der Waals surface area contributed by atoms with Gasteiger partial charge in [-0.2, -0.15) is 0 Å². The largest absolute Gasteiger partial charge is 0.384 e. The van der Waals surface area contributed by atoms with Gasteiger partial charge in [0.15, 0.2) is 0 Å². The van der Waals surface area contributed by atoms with Crippen molar-refractivity contribution < 1.29 is 9.53 Å². The molecule has 1 fully saturated rings. The number of hydrogen-bond acceptors (Lipinski definition) is 3. The van der Waals surface area contributed by atoms with Crippen molar-refractivity contribution in [2.24, 2.45) is 17.6 Å². The normalized spacial score (nSPS) is 22.5. The number of amides is 1. The van der Waals surface area contributed by atoms with Crippen molar-refractivity contribution in [3.05, 3.63) is 0 Å². The molecular formula is C13H26N2O2. The number of likely N-dealkylation sites (tertiary alicyclic amines) is 1. The zero-order valence-corrected chi connectivity index (χ0v) is 11.2. The molecule has 2 atom stereocenters. The minimum Gasteiger partial charge on any atom is -0.384 e. The van der Waals surface area contributed by atoms with Crippen LogP contribution in [0.25, 0.3) is 0 Å². The summed E-state index contributed by atoms with van der Waals surface area (Å²) in [5.41, 5.74) is 5.65. The standard InChI is InChI=1S/C13H26N2O2/c1-3-11(8-14)7-13(16)15-6-4-5-12(9-15)10-17-2/h11-12H,3-10,14H2,1-2H3. The third-order valence-corrected chi connectivity index (χ3v) is 3.65. The molecule has 0 spiro atoms. The first-order valence-electron chi connectivity index (χ1n) is 6.68. The Kier molecular flexibility index (Phi) is 6.52. The first-order chi connectivity index (χ1) is 8.21. The number of nitrogens with zero attached hydrogens (tertiary/aromatic N) is 1. The van der Waals surface area contributed by atoms with Gasteiger partial charge in [-0.05, 0) is 31.2 Å². The molecule has 17 heavy (non-hydrogen) atoms. The van der Waals surface area contributed by atoms with E-state index in [1.165, 1.54) is 6.42 Å². The second-order valence-corrected chi connectivity index (χ2v) is 5.02. The predicted molar refractivity (Wildman–Crippen MR) is 68.6 cm³/mol. The molecule has 0 aromatic rings. The van der Waals surface area contributed by atoms with Crippen LogP contribution in [0.1, 0.15) is 32.6 Å². The van der Waals surface area contributed by atoms with Crippen molar-refractivity contribution in [3.8, 4) is 0 Å². The molecule has 100 valence electrons. The quantitative estimate of drug-likeness (QED) is 0.762. The second-order valence-electron chi connectivity index (χ2n) is 5.02. The van der Waals surface area contributed by atoms with E-state index in [1.54, 1.807) is 7.11 Å². The first kappa shape index (κ1) is 14.5. The number of ether oxygens (including phenoxy) is 1. The Hall–Kier alpha value is -0.610. The molecule has 0 aromatic heterocycles. The minimum absolute atomic E-state index is 0.267. The Balaban J connectivity index is 2.40. The molecule has 0 aromatic carbocycles. The molecule has 1 aliphatic heterocycles. The van der Waals surface area contributed by atoms with Gasteiger partial charge in [0.2, 0.25) is 5.91 Å². The number of rotatable bonds is 6. The van der Waals surface area contributed by atoms with Crippen molar-refractivity contribution in [1.82, 2.24) is 4.90 Å². The van der Waals surface area contributed by atoms with Gasteiger partial charge in [0.25, 0.3) is 0 Å². The van der Waals surface area contributed by atoms with Gasteiger partial charge < -0.3 is 15.4 Å². The Bertz CT molecular complexity index is 227. The summed E-state index contributed by atoms with van der Waals surface area (Å²) in [5.74, 6) is 1.11. The zero-order valence-electron chi connectivity index (χ0n) is 11.2. The fourth-order valence-electron chi connectivity index (χ4n) is 2.43. The fraction of sp³-hybridized carbons (Fsp3) is 0.923. The molecule has 2 unspecified atom stereocenters. The van der Waals surface area contributed by atoms with Crippen LogP contribution in [0.5, 0.6) is 0 Å². The lowest BCUT2D eigenvalue weighted by Crippen LogP contribution is -2.42. The highest BCUT2D eigenvalue weighted by atomic mass is 16.5. The highest BCUT2D eigenvalue weighted by molar-refractivity contribution is 5.76. The van der Waals surface area contributed by atoms with E-state index in [9.17, 15) is 4.79 Å². The Morgan fingerprint density at radius 1 is 1.59 bits per heavy atom. The molecule has 2 N–H and O–H groups in total. The number of nitrogens with two attached hydrogens (primary N) is 1. The Morgan fingerprint density at radius 3 is 2.94 bits per heavy atom. The maximum atomic E-state index is 12.1. The van der Waals surface area contributed by atoms with Crippen molar-refractivity contribution in [2.75, 3.05) is 33.4 Å². The molecule has 4 heteroatoms. The molecule has 0 saturated carbocycles. The molecule has 4 nitrogen and oxygen atoms in total. The van der Waals surface area contributed by atoms with Gasteiger partial charge in [0.05, 0.1) is 6.61 Å². The Morgan fingerprint density at radius 2 is 2.35 bits per heavy atom. The van der Waals surface area contributed by atoms with Crippen molar-refractivity contribution in [2.45, 2.75) is 32.6 Å². The zero-order chi connectivity index (χ0) is 12.7. The van der Waals surface area contributed by atoms with Gasteiger partial charge in [-0.25, -0.2) is 0 Å². The summed E-state index contributed by atoms with van der Waals surface area (Å²) in [6, 6.07) is 0. The van der Waals surface area contributed by atoms with E-state index >= 15 is 0 Å². The third kappa shape index (κ3) is 4.64. The summed E-state index contributed by atoms with van der Waals surface area (Å²) in [7, 11) is 1.72. The number of hydrogen-bond donors (Lipinski definition) is 1. The van der Waals surface area contributed by atoms with Crippen LogP contribution in [0.2, 0.25) is 0 Å². The number of piperidine rings is 1. The van der Waals surface area contributed by atoms with Gasteiger partial charge >= 0.3 is 0 Å². The van der Waals surface area contributed by atoms with Crippen LogP contribution in [0, 0.1) is 11.8 Å². The molecule has 0 bridgehead atoms. The van der Waals surface area contributed by atoms with Crippen LogP contribution >= 0.6 is 0 Å². The van der Waals surface area contributed by atoms with Crippen molar-refractivity contribution in [1.29, 1.82) is 0 Å². The van der Waals surface area contributed by atoms with Gasteiger partial charge in [-0.3, -0.25) is 4.79 Å². The summed E-state index contributed by atoms with van der Waals surface area (Å²) < 4.78 is 5.17. The van der Waals surface area contributed by atoms with Crippen LogP contribution in [0.15, 0.2) is 0 Å². The third-order valence-electron chi connectivity index (χ3n) is 3.65. The fourth-order valence-corrected chi connectivity index (χ4v) is 2.43. The molecule has 1 rings (SSSR count). The number of methoxy groups -OCH3 is 1. The topological polar surface area (TPSA) is 55.6 Å². The SMILES string of the molecule is CCC(CN)CC(=O)N1CCCC(COC)C1. The summed E-state index contributed by atoms with van der Waals surface area (Å²) in [6.45, 7) is 5.22. The number of carbonyl (C=O) groups excluding carboxylic acids is 1. The molecule has 1 heterocycles. The van der Waals surface area contributed by atoms with Crippen LogP contribution in [0.3, 0.4) is 0 Å². The van der Waals surface area contributed by atoms with Crippen molar-refractivity contribution in [3.63, 3.8) is 0 Å². The van der Waals surface area contributed by atoms with Crippen LogP contribution < -0.4 is 5.73 Å². The first-order valence-corrected chi connectivity index (χ1v) is 6.68. The molecule has 0 radical (unpaired) electrons. The minimum atomic E-state index is 0.267. The summed E-state index contributed by atoms with van der Waals surface area (Å²) in [5, 5.41) is 0. The summed E-state index contributed by atoms with van der Waals surface area (Å²) >= 11 is 0. The summed E-state index contributed by atoms with van der Waals surface area (Å²) in [6.07, 6.45) is 3.86. The lowest BCUT2D eigenvalue weighted by molar-refractivity contribution is -0.134. The molecular weight excluding hydrogens is 216 g/mol. The smallest absolute Gasteiger partial charge is 0.222 e. The predicted octanol–water partition coefficient (Wildman–Crippen LogP) is 1.25. The van der Waals surface area contributed by atoms with E-state index in [1.807, 2.05) is 4.90 Å². The molecule has 1 saturated heterocycles. The van der Waals surface area contributed by atoms with Crippen LogP contribution in [-0.4, -0.2) is 44.2 Å². The van der Waals surface area contributed by atoms with E-state index in [0.29, 0.717) is 24.8 Å². The molecule has 0 aliphatic carbocycles. The van der Waals surface area contributed by atoms with E-state index in [0.717, 1.165) is 32.5 Å². The molecule has 1 amide bonds. The van der Waals surface area contributed by atoms with Gasteiger partial charge in [0, 0.05) is 26.6 Å². The van der Waals surface area contributed by atoms with Crippen LogP contribution in [-0.2, 0) is 9.53 Å². The van der Waals surface area contributed by atoms with Gasteiger partial charge in [0.1, 0.15) is 0 Å². The Labute approximate surface area is 104 Å². The second kappa shape index (κ2) is 7.67. The maximum absolute atomic E-state index is 12.1. The number of carbonyl (C=O) groups is 1. The van der Waals surface area contributed by atoms with Gasteiger partial charge in [-0.15, -0.1) is 0 Å². The average molecular weight is 242 g/mol. The average Bonchev–Trinajstić information content (AvgIpc) is 2.36. The van der Waals surface area contributed by atoms with E-state index in [-0.39, 0.29) is 5.91 Å². The lowest BCUT2D eigenvalue weighted by atomic mass is 9.96. The highest BCUT2D eigenvalue weighted by Gasteiger charge is 2.24. The van der Waals surface area contributed by atoms with E-state index in [2.05, 4.69) is 6.92 Å². The maximum Gasteiger partial charge on any atom is 0.222 e.